The zero-order valence-electron chi connectivity index (χ0n) is 20.6. The van der Waals surface area contributed by atoms with Gasteiger partial charge in [-0.05, 0) is 65.7 Å². The number of fused-ring (bicyclic) bond motifs is 1. The molecule has 2 aliphatic carbocycles. The lowest BCUT2D eigenvalue weighted by Crippen LogP contribution is -2.58. The van der Waals surface area contributed by atoms with Crippen molar-refractivity contribution in [2.75, 3.05) is 0 Å². The predicted molar refractivity (Wildman–Crippen MR) is 130 cm³/mol. The number of aliphatic hydroxyl groups excluding tert-OH is 1. The van der Waals surface area contributed by atoms with Gasteiger partial charge in [0.1, 0.15) is 0 Å². The number of thiophene rings is 1. The number of hydrogen-bond acceptors (Lipinski definition) is 4. The molecule has 0 spiro atoms. The van der Waals surface area contributed by atoms with Gasteiger partial charge in [-0.3, -0.25) is 9.59 Å². The summed E-state index contributed by atoms with van der Waals surface area (Å²) >= 11 is 1.64. The first-order chi connectivity index (χ1) is 14.9. The maximum absolute atomic E-state index is 12.9. The van der Waals surface area contributed by atoms with Crippen molar-refractivity contribution in [1.29, 1.82) is 0 Å². The van der Waals surface area contributed by atoms with Crippen LogP contribution in [0, 0.1) is 34.5 Å². The largest absolute Gasteiger partial charge is 0.392 e. The summed E-state index contributed by atoms with van der Waals surface area (Å²) in [5.41, 5.74) is 0.0195. The second-order valence-electron chi connectivity index (χ2n) is 11.8. The molecule has 3 N–H and O–H groups in total. The number of rotatable bonds is 6. The molecule has 2 fully saturated rings. The Bertz CT molecular complexity index is 787. The van der Waals surface area contributed by atoms with E-state index < -0.39 is 6.10 Å². The minimum absolute atomic E-state index is 0.0181. The molecule has 7 atom stereocenters. The Morgan fingerprint density at radius 3 is 2.59 bits per heavy atom. The van der Waals surface area contributed by atoms with Gasteiger partial charge in [0.05, 0.1) is 12.6 Å². The van der Waals surface area contributed by atoms with E-state index in [2.05, 4.69) is 45.3 Å². The van der Waals surface area contributed by atoms with E-state index in [1.54, 1.807) is 11.3 Å². The highest BCUT2D eigenvalue weighted by Gasteiger charge is 2.53. The average molecular weight is 463 g/mol. The molecule has 0 saturated heterocycles. The molecule has 0 radical (unpaired) electrons. The van der Waals surface area contributed by atoms with E-state index in [0.717, 1.165) is 30.6 Å². The molecule has 32 heavy (non-hydrogen) atoms. The Morgan fingerprint density at radius 2 is 1.97 bits per heavy atom. The summed E-state index contributed by atoms with van der Waals surface area (Å²) in [7, 11) is 0. The summed E-state index contributed by atoms with van der Waals surface area (Å²) in [4.78, 5) is 26.6. The minimum atomic E-state index is -0.534. The minimum Gasteiger partial charge on any atom is -0.392 e. The van der Waals surface area contributed by atoms with Gasteiger partial charge in [-0.1, -0.05) is 47.6 Å². The number of hydrogen-bond donors (Lipinski definition) is 3. The van der Waals surface area contributed by atoms with E-state index in [4.69, 9.17) is 0 Å². The molecule has 3 rings (SSSR count). The van der Waals surface area contributed by atoms with Gasteiger partial charge >= 0.3 is 0 Å². The van der Waals surface area contributed by atoms with Gasteiger partial charge in [-0.25, -0.2) is 0 Å². The maximum Gasteiger partial charge on any atom is 0.223 e. The van der Waals surface area contributed by atoms with Crippen LogP contribution in [-0.4, -0.2) is 29.1 Å². The fourth-order valence-electron chi connectivity index (χ4n) is 6.18. The zero-order chi connectivity index (χ0) is 23.7. The normalized spacial score (nSPS) is 33.8. The number of amides is 2. The van der Waals surface area contributed by atoms with Crippen molar-refractivity contribution in [3.05, 3.63) is 22.4 Å². The van der Waals surface area contributed by atoms with E-state index in [-0.39, 0.29) is 52.4 Å². The van der Waals surface area contributed by atoms with E-state index >= 15 is 0 Å². The van der Waals surface area contributed by atoms with Crippen LogP contribution in [0.5, 0.6) is 0 Å². The second kappa shape index (κ2) is 9.84. The molecular formula is C26H42N2O3S. The first-order valence-corrected chi connectivity index (χ1v) is 13.1. The molecule has 0 bridgehead atoms. The average Bonchev–Trinajstić information content (AvgIpc) is 3.20. The predicted octanol–water partition coefficient (Wildman–Crippen LogP) is 4.74. The lowest BCUT2D eigenvalue weighted by molar-refractivity contribution is -0.144. The molecule has 0 aliphatic heterocycles. The summed E-state index contributed by atoms with van der Waals surface area (Å²) in [6.45, 7) is 13.2. The van der Waals surface area contributed by atoms with Crippen LogP contribution >= 0.6 is 11.3 Å². The van der Waals surface area contributed by atoms with Crippen molar-refractivity contribution in [2.24, 2.45) is 34.5 Å². The van der Waals surface area contributed by atoms with Crippen LogP contribution < -0.4 is 10.6 Å². The van der Waals surface area contributed by atoms with Crippen molar-refractivity contribution in [1.82, 2.24) is 10.6 Å². The number of aliphatic hydroxyl groups is 1. The van der Waals surface area contributed by atoms with E-state index in [0.29, 0.717) is 13.0 Å². The zero-order valence-corrected chi connectivity index (χ0v) is 21.4. The van der Waals surface area contributed by atoms with Gasteiger partial charge in [0.2, 0.25) is 11.8 Å². The smallest absolute Gasteiger partial charge is 0.223 e. The molecule has 1 heterocycles. The van der Waals surface area contributed by atoms with E-state index in [1.807, 2.05) is 24.4 Å². The molecule has 0 aromatic carbocycles. The summed E-state index contributed by atoms with van der Waals surface area (Å²) < 4.78 is 0. The van der Waals surface area contributed by atoms with Crippen molar-refractivity contribution >= 4 is 23.2 Å². The first-order valence-electron chi connectivity index (χ1n) is 12.2. The van der Waals surface area contributed by atoms with E-state index in [1.165, 1.54) is 0 Å². The Morgan fingerprint density at radius 1 is 1.28 bits per heavy atom. The van der Waals surface area contributed by atoms with Crippen molar-refractivity contribution < 1.29 is 14.7 Å². The summed E-state index contributed by atoms with van der Waals surface area (Å²) in [5, 5.41) is 19.9. The number of carbonyl (C=O) groups excluding carboxylic acids is 2. The highest BCUT2D eigenvalue weighted by atomic mass is 32.1. The lowest BCUT2D eigenvalue weighted by Gasteiger charge is -2.56. The third kappa shape index (κ3) is 5.74. The van der Waals surface area contributed by atoms with Gasteiger partial charge in [0.25, 0.3) is 0 Å². The second-order valence-corrected chi connectivity index (χ2v) is 12.8. The Hall–Kier alpha value is -1.40. The van der Waals surface area contributed by atoms with Crippen LogP contribution in [0.3, 0.4) is 0 Å². The topological polar surface area (TPSA) is 78.4 Å². The van der Waals surface area contributed by atoms with E-state index in [9.17, 15) is 14.7 Å². The van der Waals surface area contributed by atoms with Crippen LogP contribution in [0.2, 0.25) is 0 Å². The molecule has 2 amide bonds. The fraction of sp³-hybridized carbons (Fsp3) is 0.769. The number of nitrogens with one attached hydrogen (secondary N) is 2. The molecule has 5 nitrogen and oxygen atoms in total. The van der Waals surface area contributed by atoms with Gasteiger partial charge < -0.3 is 15.7 Å². The molecule has 6 heteroatoms. The molecule has 1 aromatic heterocycles. The molecule has 1 aromatic rings. The Balaban J connectivity index is 1.66. The third-order valence-corrected chi connectivity index (χ3v) is 8.87. The molecule has 2 aliphatic rings. The standard InChI is InChI=1S/C26H42N2O3S/c1-16(24(31)27-15-18-8-7-13-32-18)19-9-11-26(6)12-10-20(17(2)22(26)23(19)30)28-21(29)14-25(3,4)5/h7-8,13,16-17,19-20,22-23,30H,9-12,14-15H2,1-6H3,(H,27,31)(H,28,29)/t16-,17+,19+,20-,22+,23-,26-/m0/s1. The summed E-state index contributed by atoms with van der Waals surface area (Å²) in [5.74, 6) is 0.0884. The summed E-state index contributed by atoms with van der Waals surface area (Å²) in [6.07, 6.45) is 3.83. The SMILES string of the molecule is C[C@H]1[C@@H]2[C@@H](O)[C@@H]([C@H](C)C(=O)NCc3cccs3)CC[C@@]2(C)CC[C@@H]1NC(=O)CC(C)(C)C. The van der Waals surface area contributed by atoms with Crippen LogP contribution in [0.25, 0.3) is 0 Å². The molecule has 2 saturated carbocycles. The maximum atomic E-state index is 12.9. The van der Waals surface area contributed by atoms with Crippen LogP contribution in [0.1, 0.15) is 78.5 Å². The lowest BCUT2D eigenvalue weighted by atomic mass is 9.51. The van der Waals surface area contributed by atoms with Gasteiger partial charge in [-0.2, -0.15) is 0 Å². The Kier molecular flexibility index (Phi) is 7.76. The highest BCUT2D eigenvalue weighted by Crippen LogP contribution is 2.55. The highest BCUT2D eigenvalue weighted by molar-refractivity contribution is 7.09. The number of carbonyl (C=O) groups is 2. The van der Waals surface area contributed by atoms with Crippen LogP contribution in [0.15, 0.2) is 17.5 Å². The van der Waals surface area contributed by atoms with Crippen LogP contribution in [0.4, 0.5) is 0 Å². The Labute approximate surface area is 197 Å². The van der Waals surface area contributed by atoms with Gasteiger partial charge in [0.15, 0.2) is 0 Å². The first kappa shape index (κ1) is 25.2. The molecule has 180 valence electrons. The summed E-state index contributed by atoms with van der Waals surface area (Å²) in [6, 6.07) is 4.09. The van der Waals surface area contributed by atoms with Crippen molar-refractivity contribution in [2.45, 2.75) is 92.3 Å². The monoisotopic (exact) mass is 462 g/mol. The van der Waals surface area contributed by atoms with Crippen molar-refractivity contribution in [3.63, 3.8) is 0 Å². The third-order valence-electron chi connectivity index (χ3n) is 8.00. The molecular weight excluding hydrogens is 420 g/mol. The quantitative estimate of drug-likeness (QED) is 0.571. The molecule has 0 unspecified atom stereocenters. The van der Waals surface area contributed by atoms with Gasteiger partial charge in [0, 0.05) is 23.3 Å². The van der Waals surface area contributed by atoms with Crippen LogP contribution in [-0.2, 0) is 16.1 Å². The fourth-order valence-corrected chi connectivity index (χ4v) is 6.82. The van der Waals surface area contributed by atoms with Crippen molar-refractivity contribution in [3.8, 4) is 0 Å². The van der Waals surface area contributed by atoms with Gasteiger partial charge in [-0.15, -0.1) is 11.3 Å².